The van der Waals surface area contributed by atoms with Crippen LogP contribution in [0.4, 0.5) is 4.39 Å². The summed E-state index contributed by atoms with van der Waals surface area (Å²) in [5.41, 5.74) is 3.45. The number of halogens is 3. The van der Waals surface area contributed by atoms with E-state index in [0.29, 0.717) is 12.0 Å². The molecule has 5 rings (SSSR count). The smallest absolute Gasteiger partial charge is 0.180 e. The first-order valence-electron chi connectivity index (χ1n) is 10.5. The number of hydrogen-bond acceptors (Lipinski definition) is 2. The van der Waals surface area contributed by atoms with Crippen LogP contribution in [0, 0.1) is 10.6 Å². The molecule has 2 aromatic rings. The van der Waals surface area contributed by atoms with E-state index in [-0.39, 0.29) is 23.6 Å². The number of fused-ring (bicyclic) bond motifs is 3. The monoisotopic (exact) mass is 499 g/mol. The Morgan fingerprint density at radius 1 is 1.28 bits per heavy atom. The second kappa shape index (κ2) is 8.10. The molecule has 2 saturated carbocycles. The molecular weight excluding hydrogens is 473 g/mol. The minimum absolute atomic E-state index is 0. The Hall–Kier alpha value is -0.690. The van der Waals surface area contributed by atoms with Gasteiger partial charge >= 0.3 is 0 Å². The van der Waals surface area contributed by atoms with Crippen LogP contribution in [0.5, 0.6) is 0 Å². The molecule has 29 heavy (non-hydrogen) atoms. The number of nitrogens with one attached hydrogen (secondary N) is 1. The van der Waals surface area contributed by atoms with Gasteiger partial charge in [0.2, 0.25) is 0 Å². The van der Waals surface area contributed by atoms with Gasteiger partial charge in [-0.05, 0) is 55.2 Å². The Morgan fingerprint density at radius 3 is 2.79 bits per heavy atom. The van der Waals surface area contributed by atoms with Gasteiger partial charge in [-0.2, -0.15) is 0 Å². The molecule has 3 aliphatic rings. The molecule has 1 aromatic carbocycles. The quantitative estimate of drug-likeness (QED) is 0.525. The van der Waals surface area contributed by atoms with Gasteiger partial charge in [-0.25, -0.2) is 4.39 Å². The Bertz CT molecular complexity index is 981. The first-order valence-corrected chi connectivity index (χ1v) is 11.7. The van der Waals surface area contributed by atoms with Gasteiger partial charge < -0.3 is 14.5 Å². The van der Waals surface area contributed by atoms with Gasteiger partial charge in [0.1, 0.15) is 5.82 Å². The maximum absolute atomic E-state index is 14.6. The summed E-state index contributed by atoms with van der Waals surface area (Å²) in [7, 11) is 2.09. The molecule has 0 unspecified atom stereocenters. The Balaban J connectivity index is 0.00000205. The van der Waals surface area contributed by atoms with E-state index >= 15 is 0 Å². The lowest BCUT2D eigenvalue weighted by molar-refractivity contribution is 0.374. The van der Waals surface area contributed by atoms with Gasteiger partial charge in [-0.1, -0.05) is 35.2 Å². The van der Waals surface area contributed by atoms with Crippen LogP contribution < -0.4 is 5.32 Å². The maximum atomic E-state index is 14.6. The van der Waals surface area contributed by atoms with Crippen molar-refractivity contribution in [3.05, 3.63) is 50.2 Å². The summed E-state index contributed by atoms with van der Waals surface area (Å²) in [4.78, 5) is 0. The fourth-order valence-electron chi connectivity index (χ4n) is 5.65. The molecule has 1 aliphatic heterocycles. The zero-order valence-electron chi connectivity index (χ0n) is 16.7. The zero-order valence-corrected chi connectivity index (χ0v) is 19.9. The summed E-state index contributed by atoms with van der Waals surface area (Å²) in [6.07, 6.45) is 8.73. The summed E-state index contributed by atoms with van der Waals surface area (Å²) >= 11 is 9.27. The van der Waals surface area contributed by atoms with E-state index in [1.54, 1.807) is 12.1 Å². The number of nitrogens with zero attached hydrogens (tertiary/aromatic N) is 2. The lowest BCUT2D eigenvalue weighted by Gasteiger charge is -2.23. The van der Waals surface area contributed by atoms with Gasteiger partial charge in [0.15, 0.2) is 4.77 Å². The van der Waals surface area contributed by atoms with E-state index in [9.17, 15) is 4.39 Å². The average molecular weight is 501 g/mol. The molecule has 7 heteroatoms. The van der Waals surface area contributed by atoms with E-state index in [0.717, 1.165) is 40.7 Å². The van der Waals surface area contributed by atoms with E-state index in [2.05, 4.69) is 37.4 Å². The molecule has 2 aliphatic carbocycles. The van der Waals surface area contributed by atoms with Gasteiger partial charge in [0.25, 0.3) is 0 Å². The van der Waals surface area contributed by atoms with Gasteiger partial charge in [0, 0.05) is 59.8 Å². The van der Waals surface area contributed by atoms with E-state index in [4.69, 9.17) is 12.2 Å². The minimum atomic E-state index is -0.101. The predicted octanol–water partition coefficient (Wildman–Crippen LogP) is 5.78. The van der Waals surface area contributed by atoms with Crippen molar-refractivity contribution in [3.8, 4) is 0 Å². The van der Waals surface area contributed by atoms with Crippen LogP contribution in [-0.4, -0.2) is 21.7 Å². The van der Waals surface area contributed by atoms with Gasteiger partial charge in [-0.15, -0.1) is 12.4 Å². The van der Waals surface area contributed by atoms with Crippen molar-refractivity contribution in [2.45, 2.75) is 68.9 Å². The second-order valence-electron chi connectivity index (χ2n) is 8.84. The minimum Gasteiger partial charge on any atom is -0.324 e. The molecule has 3 nitrogen and oxygen atoms in total. The molecular formula is C22H28BrClFN3S. The van der Waals surface area contributed by atoms with E-state index in [1.165, 1.54) is 43.5 Å². The fourth-order valence-corrected chi connectivity index (χ4v) is 6.28. The summed E-state index contributed by atoms with van der Waals surface area (Å²) in [6, 6.07) is 6.01. The largest absolute Gasteiger partial charge is 0.324 e. The van der Waals surface area contributed by atoms with Crippen molar-refractivity contribution >= 4 is 40.6 Å². The first-order chi connectivity index (χ1) is 13.5. The van der Waals surface area contributed by atoms with Gasteiger partial charge in [-0.3, -0.25) is 0 Å². The van der Waals surface area contributed by atoms with Gasteiger partial charge in [0.05, 0.1) is 0 Å². The molecule has 0 amide bonds. The van der Waals surface area contributed by atoms with E-state index in [1.807, 2.05) is 6.07 Å². The highest BCUT2D eigenvalue weighted by Gasteiger charge is 2.63. The third-order valence-electron chi connectivity index (χ3n) is 7.22. The average Bonchev–Trinajstić information content (AvgIpc) is 3.26. The lowest BCUT2D eigenvalue weighted by Crippen LogP contribution is -2.32. The highest BCUT2D eigenvalue weighted by molar-refractivity contribution is 9.10. The molecule has 1 N–H and O–H groups in total. The van der Waals surface area contributed by atoms with Crippen LogP contribution in [0.15, 0.2) is 22.7 Å². The maximum Gasteiger partial charge on any atom is 0.180 e. The van der Waals surface area contributed by atoms with Crippen LogP contribution in [0.25, 0.3) is 0 Å². The topological polar surface area (TPSA) is 21.9 Å². The molecule has 2 heterocycles. The Kier molecular flexibility index (Phi) is 6.02. The summed E-state index contributed by atoms with van der Waals surface area (Å²) in [6.45, 7) is 1.80. The number of rotatable bonds is 5. The van der Waals surface area contributed by atoms with Crippen LogP contribution >= 0.6 is 40.6 Å². The molecule has 0 radical (unpaired) electrons. The highest BCUT2D eigenvalue weighted by Crippen LogP contribution is 2.66. The second-order valence-corrected chi connectivity index (χ2v) is 10.1. The molecule has 2 fully saturated rings. The lowest BCUT2D eigenvalue weighted by atomic mass is 9.93. The number of hydrogen-bond donors (Lipinski definition) is 1. The molecule has 0 spiro atoms. The number of aromatic nitrogens is 2. The van der Waals surface area contributed by atoms with Crippen molar-refractivity contribution in [1.29, 1.82) is 0 Å². The predicted molar refractivity (Wildman–Crippen MR) is 123 cm³/mol. The van der Waals surface area contributed by atoms with Crippen molar-refractivity contribution < 1.29 is 4.39 Å². The first kappa shape index (κ1) is 21.5. The highest BCUT2D eigenvalue weighted by atomic mass is 79.9. The SMILES string of the molecule is Cl.Cn1c(CCNC2CCCCC2)c2n(c1=S)C[C@@]1(c3cc(Br)ccc3F)C[C@@H]21. The zero-order chi connectivity index (χ0) is 19.5. The molecule has 0 saturated heterocycles. The standard InChI is InChI=1S/C22H27BrFN3S.ClH/c1-26-19(9-10-25-15-5-3-2-4-6-15)20-17-12-22(17,13-27(20)21(26)28)16-11-14(23)7-8-18(16)24;/h7-8,11,15,17,25H,2-6,9-10,12-13H2,1H3;1H/t17-,22+;/m0./s1. The molecule has 1 aromatic heterocycles. The van der Waals surface area contributed by atoms with Crippen LogP contribution in [0.2, 0.25) is 0 Å². The van der Waals surface area contributed by atoms with Crippen molar-refractivity contribution in [2.75, 3.05) is 6.54 Å². The molecule has 158 valence electrons. The molecule has 2 atom stereocenters. The summed E-state index contributed by atoms with van der Waals surface area (Å²) in [5, 5.41) is 3.76. The van der Waals surface area contributed by atoms with Crippen molar-refractivity contribution in [2.24, 2.45) is 7.05 Å². The third-order valence-corrected chi connectivity index (χ3v) is 8.21. The fraction of sp³-hybridized carbons (Fsp3) is 0.591. The van der Waals surface area contributed by atoms with Crippen molar-refractivity contribution in [3.63, 3.8) is 0 Å². The van der Waals surface area contributed by atoms with Crippen LogP contribution in [-0.2, 0) is 25.4 Å². The normalized spacial score (nSPS) is 25.4. The van der Waals surface area contributed by atoms with Crippen LogP contribution in [0.3, 0.4) is 0 Å². The Labute approximate surface area is 191 Å². The number of imidazole rings is 1. The third kappa shape index (κ3) is 3.54. The summed E-state index contributed by atoms with van der Waals surface area (Å²) in [5.74, 6) is 0.302. The number of benzene rings is 1. The van der Waals surface area contributed by atoms with Crippen molar-refractivity contribution in [1.82, 2.24) is 14.5 Å². The molecule has 0 bridgehead atoms. The van der Waals surface area contributed by atoms with E-state index < -0.39 is 0 Å². The summed E-state index contributed by atoms with van der Waals surface area (Å²) < 4.78 is 20.9. The Morgan fingerprint density at radius 2 is 2.03 bits per heavy atom. The van der Waals surface area contributed by atoms with Crippen LogP contribution in [0.1, 0.15) is 61.4 Å².